The van der Waals surface area contributed by atoms with Crippen LogP contribution in [0.1, 0.15) is 36.5 Å². The van der Waals surface area contributed by atoms with E-state index in [1.54, 1.807) is 0 Å². The lowest BCUT2D eigenvalue weighted by atomic mass is 9.99. The van der Waals surface area contributed by atoms with E-state index in [1.165, 1.54) is 23.3 Å². The maximum atomic E-state index is 13.3. The maximum absolute atomic E-state index is 13.3. The monoisotopic (exact) mass is 360 g/mol. The summed E-state index contributed by atoms with van der Waals surface area (Å²) in [5, 5.41) is 13.8. The quantitative estimate of drug-likeness (QED) is 0.678. The number of rotatable bonds is 8. The highest BCUT2D eigenvalue weighted by molar-refractivity contribution is 5.34. The van der Waals surface area contributed by atoms with Gasteiger partial charge in [-0.05, 0) is 54.5 Å². The fourth-order valence-corrected chi connectivity index (χ4v) is 3.37. The van der Waals surface area contributed by atoms with E-state index in [1.807, 2.05) is 0 Å². The number of hydrogen-bond acceptors (Lipinski definition) is 3. The number of aryl methyl sites for hydroxylation is 1. The van der Waals surface area contributed by atoms with Crippen LogP contribution >= 0.6 is 0 Å². The second-order valence-electron chi connectivity index (χ2n) is 7.23. The highest BCUT2D eigenvalue weighted by Crippen LogP contribution is 2.45. The second-order valence-corrected chi connectivity index (χ2v) is 7.23. The van der Waals surface area contributed by atoms with Crippen molar-refractivity contribution in [1.29, 1.82) is 0 Å². The summed E-state index contributed by atoms with van der Waals surface area (Å²) < 4.78 is 26.6. The smallest absolute Gasteiger partial charge is 0.126 e. The first-order valence-corrected chi connectivity index (χ1v) is 9.15. The van der Waals surface area contributed by atoms with E-state index in [4.69, 9.17) is 5.73 Å². The van der Waals surface area contributed by atoms with Crippen molar-refractivity contribution >= 4 is 0 Å². The van der Waals surface area contributed by atoms with Crippen molar-refractivity contribution in [3.05, 3.63) is 70.8 Å². The molecule has 1 aliphatic rings. The minimum atomic E-state index is -0.798. The van der Waals surface area contributed by atoms with E-state index in [0.29, 0.717) is 12.1 Å². The molecule has 0 aromatic heterocycles. The fourth-order valence-electron chi connectivity index (χ4n) is 3.37. The molecule has 0 aliphatic heterocycles. The van der Waals surface area contributed by atoms with Gasteiger partial charge in [-0.2, -0.15) is 0 Å². The van der Waals surface area contributed by atoms with Gasteiger partial charge in [0, 0.05) is 24.2 Å². The lowest BCUT2D eigenvalue weighted by molar-refractivity contribution is 0.136. The number of aliphatic hydroxyl groups excluding tert-OH is 1. The van der Waals surface area contributed by atoms with Gasteiger partial charge in [0.1, 0.15) is 11.6 Å². The molecule has 5 heteroatoms. The first-order chi connectivity index (χ1) is 12.4. The summed E-state index contributed by atoms with van der Waals surface area (Å²) in [6, 6.07) is 11.2. The first-order valence-electron chi connectivity index (χ1n) is 9.15. The molecule has 3 rings (SSSR count). The third-order valence-corrected chi connectivity index (χ3v) is 5.18. The molecule has 0 unspecified atom stereocenters. The number of benzene rings is 2. The normalized spacial score (nSPS) is 17.7. The van der Waals surface area contributed by atoms with Crippen molar-refractivity contribution in [3.63, 3.8) is 0 Å². The molecule has 3 nitrogen and oxygen atoms in total. The van der Waals surface area contributed by atoms with Crippen LogP contribution in [0.3, 0.4) is 0 Å². The van der Waals surface area contributed by atoms with Crippen LogP contribution in [0.4, 0.5) is 8.78 Å². The average molecular weight is 360 g/mol. The Bertz CT molecular complexity index is 741. The molecule has 2 aromatic rings. The third kappa shape index (κ3) is 4.47. The summed E-state index contributed by atoms with van der Waals surface area (Å²) in [6.07, 6.45) is 2.46. The zero-order valence-corrected chi connectivity index (χ0v) is 15.0. The largest absolute Gasteiger partial charge is 0.390 e. The van der Waals surface area contributed by atoms with E-state index in [-0.39, 0.29) is 12.0 Å². The second kappa shape index (κ2) is 7.82. The van der Waals surface area contributed by atoms with Crippen LogP contribution < -0.4 is 11.1 Å². The summed E-state index contributed by atoms with van der Waals surface area (Å²) in [5.41, 5.74) is 8.95. The Labute approximate surface area is 153 Å². The van der Waals surface area contributed by atoms with Gasteiger partial charge in [-0.3, -0.25) is 0 Å². The molecule has 0 heterocycles. The SMILES string of the molecule is CCc1cccc(C2(NC[C@@H](O)[C@@H](N)Cc3cc(F)cc(F)c3)CC2)c1. The van der Waals surface area contributed by atoms with Gasteiger partial charge in [-0.1, -0.05) is 31.2 Å². The fraction of sp³-hybridized carbons (Fsp3) is 0.429. The molecule has 1 fully saturated rings. The van der Waals surface area contributed by atoms with Crippen LogP contribution in [-0.4, -0.2) is 23.8 Å². The van der Waals surface area contributed by atoms with Crippen LogP contribution in [0.5, 0.6) is 0 Å². The van der Waals surface area contributed by atoms with Crippen molar-refractivity contribution in [3.8, 4) is 0 Å². The highest BCUT2D eigenvalue weighted by Gasteiger charge is 2.44. The van der Waals surface area contributed by atoms with Crippen LogP contribution in [0.2, 0.25) is 0 Å². The van der Waals surface area contributed by atoms with Crippen molar-refractivity contribution < 1.29 is 13.9 Å². The molecule has 4 N–H and O–H groups in total. The summed E-state index contributed by atoms with van der Waals surface area (Å²) in [7, 11) is 0. The molecule has 140 valence electrons. The molecule has 0 spiro atoms. The molecule has 2 atom stereocenters. The zero-order chi connectivity index (χ0) is 18.7. The molecule has 2 aromatic carbocycles. The molecular weight excluding hydrogens is 334 g/mol. The number of halogens is 2. The Morgan fingerprint density at radius 1 is 1.12 bits per heavy atom. The predicted octanol–water partition coefficient (Wildman–Crippen LogP) is 3.04. The van der Waals surface area contributed by atoms with E-state index in [2.05, 4.69) is 36.5 Å². The molecule has 26 heavy (non-hydrogen) atoms. The molecule has 0 bridgehead atoms. The van der Waals surface area contributed by atoms with E-state index in [9.17, 15) is 13.9 Å². The van der Waals surface area contributed by atoms with Crippen LogP contribution in [0.15, 0.2) is 42.5 Å². The Kier molecular flexibility index (Phi) is 5.70. The highest BCUT2D eigenvalue weighted by atomic mass is 19.1. The summed E-state index contributed by atoms with van der Waals surface area (Å²) >= 11 is 0. The number of nitrogens with two attached hydrogens (primary N) is 1. The van der Waals surface area contributed by atoms with Crippen LogP contribution in [0, 0.1) is 11.6 Å². The standard InChI is InChI=1S/C21H26F2N2O/c1-2-14-4-3-5-16(8-14)21(6-7-21)25-13-20(26)19(24)11-15-9-17(22)12-18(23)10-15/h3-5,8-10,12,19-20,25-26H,2,6-7,11,13,24H2,1H3/t19-,20+/m0/s1. The first kappa shape index (κ1) is 19.0. The van der Waals surface area contributed by atoms with Crippen molar-refractivity contribution in [2.45, 2.75) is 50.3 Å². The minimum Gasteiger partial charge on any atom is -0.390 e. The van der Waals surface area contributed by atoms with E-state index in [0.717, 1.165) is 25.3 Å². The molecule has 1 aliphatic carbocycles. The predicted molar refractivity (Wildman–Crippen MR) is 98.8 cm³/mol. The van der Waals surface area contributed by atoms with Gasteiger partial charge in [0.05, 0.1) is 6.10 Å². The molecule has 1 saturated carbocycles. The summed E-state index contributed by atoms with van der Waals surface area (Å²) in [6.45, 7) is 2.47. The van der Waals surface area contributed by atoms with Crippen molar-refractivity contribution in [2.24, 2.45) is 5.73 Å². The van der Waals surface area contributed by atoms with E-state index >= 15 is 0 Å². The minimum absolute atomic E-state index is 0.0865. The Morgan fingerprint density at radius 3 is 2.42 bits per heavy atom. The van der Waals surface area contributed by atoms with Gasteiger partial charge in [0.15, 0.2) is 0 Å². The third-order valence-electron chi connectivity index (χ3n) is 5.18. The van der Waals surface area contributed by atoms with Gasteiger partial charge >= 0.3 is 0 Å². The lowest BCUT2D eigenvalue weighted by Crippen LogP contribution is -2.45. The lowest BCUT2D eigenvalue weighted by Gasteiger charge is -2.24. The summed E-state index contributed by atoms with van der Waals surface area (Å²) in [4.78, 5) is 0. The van der Waals surface area contributed by atoms with Crippen molar-refractivity contribution in [2.75, 3.05) is 6.54 Å². The summed E-state index contributed by atoms with van der Waals surface area (Å²) in [5.74, 6) is -1.26. The zero-order valence-electron chi connectivity index (χ0n) is 15.0. The molecule has 0 saturated heterocycles. The molecule has 0 amide bonds. The van der Waals surface area contributed by atoms with Gasteiger partial charge in [-0.25, -0.2) is 8.78 Å². The maximum Gasteiger partial charge on any atom is 0.126 e. The van der Waals surface area contributed by atoms with E-state index < -0.39 is 23.8 Å². The van der Waals surface area contributed by atoms with Crippen molar-refractivity contribution in [1.82, 2.24) is 5.32 Å². The van der Waals surface area contributed by atoms with Gasteiger partial charge in [0.2, 0.25) is 0 Å². The number of aliphatic hydroxyl groups is 1. The van der Waals surface area contributed by atoms with Crippen LogP contribution in [0.25, 0.3) is 0 Å². The number of nitrogens with one attached hydrogen (secondary N) is 1. The average Bonchev–Trinajstić information content (AvgIpc) is 3.40. The number of hydrogen-bond donors (Lipinski definition) is 3. The van der Waals surface area contributed by atoms with Gasteiger partial charge in [0.25, 0.3) is 0 Å². The van der Waals surface area contributed by atoms with Gasteiger partial charge in [-0.15, -0.1) is 0 Å². The van der Waals surface area contributed by atoms with Gasteiger partial charge < -0.3 is 16.2 Å². The molecular formula is C21H26F2N2O. The Balaban J connectivity index is 1.58. The Hall–Kier alpha value is -1.82. The van der Waals surface area contributed by atoms with Crippen LogP contribution in [-0.2, 0) is 18.4 Å². The topological polar surface area (TPSA) is 58.3 Å². The molecule has 0 radical (unpaired) electrons. The Morgan fingerprint density at radius 2 is 1.81 bits per heavy atom.